The summed E-state index contributed by atoms with van der Waals surface area (Å²) in [6, 6.07) is 13.4. The summed E-state index contributed by atoms with van der Waals surface area (Å²) < 4.78 is 30.2. The van der Waals surface area contributed by atoms with Crippen molar-refractivity contribution in [1.82, 2.24) is 14.8 Å². The average molecular weight is 731 g/mol. The molecule has 1 aliphatic heterocycles. The van der Waals surface area contributed by atoms with Gasteiger partial charge in [-0.05, 0) is 98.2 Å². The van der Waals surface area contributed by atoms with Gasteiger partial charge in [-0.25, -0.2) is 0 Å². The standard InChI is InChI=1S/C38H49Cl2N3O7/c1-26-18-33(39)36(34(40)19-26)50-15-13-42-12-9-29(23-35(42)44)38(48-4)10-11-41-24-32(38)37(45)43(30-7-8-30)25-28-20-27(6-5-14-46-2)21-31(22-28)49-17-16-47-3/h9,12,18-23,30,32,41H,5-8,10-11,13-17,24-25H2,1-4H3. The van der Waals surface area contributed by atoms with E-state index in [1.807, 2.05) is 24.0 Å². The number of aromatic nitrogens is 1. The lowest BCUT2D eigenvalue weighted by Crippen LogP contribution is -2.56. The third-order valence-electron chi connectivity index (χ3n) is 9.47. The lowest BCUT2D eigenvalue weighted by atomic mass is 9.75. The van der Waals surface area contributed by atoms with E-state index in [1.165, 1.54) is 0 Å². The first-order valence-corrected chi connectivity index (χ1v) is 18.0. The van der Waals surface area contributed by atoms with Gasteiger partial charge in [0.05, 0.1) is 29.1 Å². The summed E-state index contributed by atoms with van der Waals surface area (Å²) >= 11 is 12.7. The molecule has 5 rings (SSSR count). The molecule has 1 saturated heterocycles. The Morgan fingerprint density at radius 1 is 0.960 bits per heavy atom. The van der Waals surface area contributed by atoms with Gasteiger partial charge in [0.2, 0.25) is 5.91 Å². The Morgan fingerprint density at radius 3 is 2.38 bits per heavy atom. The van der Waals surface area contributed by atoms with Gasteiger partial charge in [-0.3, -0.25) is 9.59 Å². The zero-order chi connectivity index (χ0) is 35.7. The Bertz CT molecular complexity index is 1610. The van der Waals surface area contributed by atoms with Crippen molar-refractivity contribution in [2.24, 2.45) is 5.92 Å². The second kappa shape index (κ2) is 17.9. The van der Waals surface area contributed by atoms with Crippen molar-refractivity contribution < 1.29 is 28.5 Å². The van der Waals surface area contributed by atoms with E-state index < -0.39 is 11.5 Å². The summed E-state index contributed by atoms with van der Waals surface area (Å²) in [4.78, 5) is 30.1. The molecule has 1 aliphatic carbocycles. The summed E-state index contributed by atoms with van der Waals surface area (Å²) in [7, 11) is 4.99. The Hall–Kier alpha value is -3.12. The molecule has 2 atom stereocenters. The van der Waals surface area contributed by atoms with Gasteiger partial charge in [-0.2, -0.15) is 0 Å². The molecule has 272 valence electrons. The minimum atomic E-state index is -0.969. The molecule has 2 heterocycles. The van der Waals surface area contributed by atoms with Crippen LogP contribution in [0.4, 0.5) is 0 Å². The van der Waals surface area contributed by atoms with E-state index in [0.29, 0.717) is 73.8 Å². The van der Waals surface area contributed by atoms with Gasteiger partial charge in [-0.1, -0.05) is 29.3 Å². The number of halogens is 2. The molecule has 1 amide bonds. The van der Waals surface area contributed by atoms with Gasteiger partial charge < -0.3 is 38.5 Å². The Kier molecular flexibility index (Phi) is 13.6. The van der Waals surface area contributed by atoms with E-state index in [4.69, 9.17) is 46.9 Å². The average Bonchev–Trinajstić information content (AvgIpc) is 3.94. The van der Waals surface area contributed by atoms with Crippen LogP contribution in [0.25, 0.3) is 0 Å². The second-order valence-electron chi connectivity index (χ2n) is 13.1. The summed E-state index contributed by atoms with van der Waals surface area (Å²) in [5, 5.41) is 4.26. The fourth-order valence-electron chi connectivity index (χ4n) is 6.76. The van der Waals surface area contributed by atoms with Crippen LogP contribution in [0.3, 0.4) is 0 Å². The third-order valence-corrected chi connectivity index (χ3v) is 10.0. The molecule has 1 saturated carbocycles. The maximum atomic E-state index is 14.6. The predicted molar refractivity (Wildman–Crippen MR) is 195 cm³/mol. The molecule has 2 unspecified atom stereocenters. The molecule has 1 aromatic heterocycles. The molecule has 1 N–H and O–H groups in total. The highest BCUT2D eigenvalue weighted by Gasteiger charge is 2.50. The fraction of sp³-hybridized carbons (Fsp3) is 0.526. The van der Waals surface area contributed by atoms with Crippen LogP contribution in [0.2, 0.25) is 10.0 Å². The lowest BCUT2D eigenvalue weighted by Gasteiger charge is -2.44. The van der Waals surface area contributed by atoms with Crippen LogP contribution in [0, 0.1) is 12.8 Å². The molecule has 3 aromatic rings. The second-order valence-corrected chi connectivity index (χ2v) is 13.9. The first-order valence-electron chi connectivity index (χ1n) is 17.3. The van der Waals surface area contributed by atoms with Crippen LogP contribution in [-0.2, 0) is 44.1 Å². The maximum Gasteiger partial charge on any atom is 0.251 e. The van der Waals surface area contributed by atoms with E-state index >= 15 is 0 Å². The number of hydrogen-bond acceptors (Lipinski definition) is 8. The summed E-state index contributed by atoms with van der Waals surface area (Å²) in [5.41, 5.74) is 2.59. The normalized spacial score (nSPS) is 19.0. The van der Waals surface area contributed by atoms with Gasteiger partial charge >= 0.3 is 0 Å². The minimum Gasteiger partial charge on any atom is -0.491 e. The molecule has 0 radical (unpaired) electrons. The van der Waals surface area contributed by atoms with Crippen molar-refractivity contribution in [2.75, 3.05) is 60.8 Å². The van der Waals surface area contributed by atoms with Crippen molar-refractivity contribution >= 4 is 29.1 Å². The number of ether oxygens (including phenoxy) is 5. The molecule has 2 fully saturated rings. The van der Waals surface area contributed by atoms with Gasteiger partial charge in [0.25, 0.3) is 5.56 Å². The van der Waals surface area contributed by atoms with Gasteiger partial charge in [0, 0.05) is 59.3 Å². The van der Waals surface area contributed by atoms with E-state index in [1.54, 1.807) is 50.3 Å². The van der Waals surface area contributed by atoms with Crippen molar-refractivity contribution in [3.63, 3.8) is 0 Å². The highest BCUT2D eigenvalue weighted by Crippen LogP contribution is 2.41. The monoisotopic (exact) mass is 729 g/mol. The summed E-state index contributed by atoms with van der Waals surface area (Å²) in [5.74, 6) is 0.633. The van der Waals surface area contributed by atoms with E-state index in [0.717, 1.165) is 48.1 Å². The number of aryl methyl sites for hydroxylation is 2. The number of rotatable bonds is 18. The summed E-state index contributed by atoms with van der Waals surface area (Å²) in [6.45, 7) is 5.53. The number of hydrogen-bond donors (Lipinski definition) is 1. The van der Waals surface area contributed by atoms with Crippen molar-refractivity contribution in [1.29, 1.82) is 0 Å². The Morgan fingerprint density at radius 2 is 1.70 bits per heavy atom. The van der Waals surface area contributed by atoms with Crippen molar-refractivity contribution in [2.45, 2.75) is 63.8 Å². The fourth-order valence-corrected chi connectivity index (χ4v) is 7.47. The SMILES string of the molecule is COCCCc1cc(CN(C(=O)C2CNCCC2(OC)c2ccn(CCOc3c(Cl)cc(C)cc3Cl)c(=O)c2)C2CC2)cc(OCCOC)c1. The van der Waals surface area contributed by atoms with Gasteiger partial charge in [-0.15, -0.1) is 0 Å². The number of piperidine rings is 1. The molecule has 12 heteroatoms. The highest BCUT2D eigenvalue weighted by atomic mass is 35.5. The maximum absolute atomic E-state index is 14.6. The van der Waals surface area contributed by atoms with Crippen LogP contribution in [0.15, 0.2) is 53.5 Å². The number of carbonyl (C=O) groups is 1. The first kappa shape index (κ1) is 38.1. The molecular weight excluding hydrogens is 681 g/mol. The number of methoxy groups -OCH3 is 3. The van der Waals surface area contributed by atoms with Crippen LogP contribution in [0.5, 0.6) is 11.5 Å². The number of pyridine rings is 1. The molecule has 50 heavy (non-hydrogen) atoms. The first-order chi connectivity index (χ1) is 24.2. The van der Waals surface area contributed by atoms with Crippen LogP contribution in [0.1, 0.15) is 47.9 Å². The van der Waals surface area contributed by atoms with Crippen LogP contribution >= 0.6 is 23.2 Å². The molecule has 0 spiro atoms. The van der Waals surface area contributed by atoms with Crippen molar-refractivity contribution in [3.8, 4) is 11.5 Å². The number of nitrogens with zero attached hydrogens (tertiary/aromatic N) is 2. The largest absolute Gasteiger partial charge is 0.491 e. The van der Waals surface area contributed by atoms with Gasteiger partial charge in [0.1, 0.15) is 24.6 Å². The number of amides is 1. The Labute approximate surface area is 304 Å². The van der Waals surface area contributed by atoms with Crippen LogP contribution < -0.4 is 20.3 Å². The molecule has 0 bridgehead atoms. The van der Waals surface area contributed by atoms with E-state index in [-0.39, 0.29) is 24.1 Å². The molecule has 2 aromatic carbocycles. The minimum absolute atomic E-state index is 0.0117. The van der Waals surface area contributed by atoms with E-state index in [2.05, 4.69) is 17.4 Å². The smallest absolute Gasteiger partial charge is 0.251 e. The predicted octanol–water partition coefficient (Wildman–Crippen LogP) is 5.79. The van der Waals surface area contributed by atoms with Crippen LogP contribution in [-0.4, -0.2) is 82.3 Å². The molecule has 10 nitrogen and oxygen atoms in total. The van der Waals surface area contributed by atoms with Gasteiger partial charge in [0.15, 0.2) is 5.75 Å². The van der Waals surface area contributed by atoms with E-state index in [9.17, 15) is 9.59 Å². The highest BCUT2D eigenvalue weighted by molar-refractivity contribution is 6.37. The lowest BCUT2D eigenvalue weighted by molar-refractivity contribution is -0.155. The number of carbonyl (C=O) groups excluding carboxylic acids is 1. The summed E-state index contributed by atoms with van der Waals surface area (Å²) in [6.07, 6.45) is 5.91. The molecule has 2 aliphatic rings. The third kappa shape index (κ3) is 9.40. The topological polar surface area (TPSA) is 100 Å². The van der Waals surface area contributed by atoms with Crippen molar-refractivity contribution in [3.05, 3.63) is 91.3 Å². The molecular formula is C38H49Cl2N3O7. The number of benzene rings is 2. The quantitative estimate of drug-likeness (QED) is 0.164. The zero-order valence-electron chi connectivity index (χ0n) is 29.5. The Balaban J connectivity index is 1.35. The zero-order valence-corrected chi connectivity index (χ0v) is 31.0. The number of nitrogens with one attached hydrogen (secondary N) is 1.